The molecular weight excluding hydrogens is 1030 g/mol. The van der Waals surface area contributed by atoms with E-state index in [1.54, 1.807) is 88.4 Å². The van der Waals surface area contributed by atoms with Crippen LogP contribution >= 0.6 is 0 Å². The van der Waals surface area contributed by atoms with E-state index in [1.807, 2.05) is 54.6 Å². The van der Waals surface area contributed by atoms with E-state index in [0.717, 1.165) is 0 Å². The zero-order chi connectivity index (χ0) is 57.6. The lowest BCUT2D eigenvalue weighted by Gasteiger charge is -2.68. The van der Waals surface area contributed by atoms with Crippen molar-refractivity contribution in [2.24, 2.45) is 16.7 Å². The highest BCUT2D eigenvalue weighted by Gasteiger charge is 2.79. The van der Waals surface area contributed by atoms with E-state index in [-0.39, 0.29) is 35.3 Å². The number of fused-ring (bicyclic) bond motifs is 5. The second kappa shape index (κ2) is 22.4. The first kappa shape index (κ1) is 59.8. The zero-order valence-electron chi connectivity index (χ0n) is 47.6. The molecule has 4 aliphatic rings. The summed E-state index contributed by atoms with van der Waals surface area (Å²) in [4.78, 5) is 88.9. The number of nitriles is 1. The van der Waals surface area contributed by atoms with Crippen molar-refractivity contribution in [3.63, 3.8) is 0 Å². The summed E-state index contributed by atoms with van der Waals surface area (Å²) in [6.45, 7) is 24.8. The van der Waals surface area contributed by atoms with Gasteiger partial charge in [0.15, 0.2) is 40.2 Å². The van der Waals surface area contributed by atoms with Gasteiger partial charge in [-0.2, -0.15) is 5.26 Å². The van der Waals surface area contributed by atoms with Gasteiger partial charge in [-0.25, -0.2) is 9.59 Å². The molecule has 0 unspecified atom stereocenters. The number of nitrogens with one attached hydrogen (secondary N) is 1. The van der Waals surface area contributed by atoms with E-state index in [9.17, 15) is 24.8 Å². The summed E-state index contributed by atoms with van der Waals surface area (Å²) in [7, 11) is -5.66. The molecule has 3 aliphatic carbocycles. The summed E-state index contributed by atoms with van der Waals surface area (Å²) in [5, 5.41) is 27.0. The van der Waals surface area contributed by atoms with Gasteiger partial charge in [0.2, 0.25) is 0 Å². The lowest BCUT2D eigenvalue weighted by molar-refractivity contribution is -0.344. The fourth-order valence-electron chi connectivity index (χ4n) is 12.4. The number of aliphatic hydroxyl groups is 1. The lowest BCUT2D eigenvalue weighted by atomic mass is 9.44. The summed E-state index contributed by atoms with van der Waals surface area (Å²) in [6, 6.07) is 26.2. The topological polar surface area (TPSA) is 223 Å². The Hall–Kier alpha value is -5.82. The van der Waals surface area contributed by atoms with Crippen molar-refractivity contribution in [2.45, 2.75) is 186 Å². The predicted molar refractivity (Wildman–Crippen MR) is 295 cm³/mol. The van der Waals surface area contributed by atoms with E-state index in [2.05, 4.69) is 11.4 Å². The molecule has 0 aromatic heterocycles. The van der Waals surface area contributed by atoms with Crippen LogP contribution in [0.2, 0.25) is 36.3 Å². The van der Waals surface area contributed by atoms with Gasteiger partial charge in [0, 0.05) is 37.7 Å². The number of benzene rings is 3. The first-order valence-corrected chi connectivity index (χ1v) is 32.6. The number of nitrogens with zero attached hydrogens (tertiary/aromatic N) is 1. The van der Waals surface area contributed by atoms with Gasteiger partial charge in [0.1, 0.15) is 23.9 Å². The Labute approximate surface area is 461 Å². The van der Waals surface area contributed by atoms with Crippen LogP contribution in [0.15, 0.2) is 96.1 Å². The summed E-state index contributed by atoms with van der Waals surface area (Å²) in [5.74, 6) is -6.12. The fraction of sp³-hybridized carbons (Fsp3) is 0.550. The van der Waals surface area contributed by atoms with Gasteiger partial charge in [0.05, 0.1) is 47.3 Å². The van der Waals surface area contributed by atoms with Crippen molar-refractivity contribution in [3.05, 3.63) is 118 Å². The van der Waals surface area contributed by atoms with Crippen LogP contribution in [-0.2, 0) is 51.7 Å². The van der Waals surface area contributed by atoms with E-state index < -0.39 is 134 Å². The largest absolute Gasteiger partial charge is 0.456 e. The number of Topliss-reactive ketones (excluding diaryl/α,β-unsaturated/α-hetero) is 1. The average Bonchev–Trinajstić information content (AvgIpc) is 3.29. The molecule has 1 saturated heterocycles. The van der Waals surface area contributed by atoms with Crippen molar-refractivity contribution in [1.29, 1.82) is 5.26 Å². The van der Waals surface area contributed by atoms with E-state index in [0.29, 0.717) is 29.3 Å². The Morgan fingerprint density at radius 3 is 2.00 bits per heavy atom. The molecular formula is C60H78N2O14Si2. The van der Waals surface area contributed by atoms with Crippen LogP contribution in [0.25, 0.3) is 0 Å². The standard InChI is InChI=1S/C60H78N2O14Si2/c1-15-78(16-2,17-3)75-44-32-45-59(35-70-45,74-38(6)64)50-52(73-54(67)42-30-24-25-39(31-42)34-61)60(69)33-43(36(4)46(57(60,10)11)48(71-37(5)63)51(65)58(44,50)12)72-55(68)49(76-77(13,14)56(7,8)9)47(40-26-20-18-21-27-40)62-53(66)41-28-22-19-23-29-41/h18-31,43-45,47-50,52,69H,15-17,32-33,35H2,1-14H3,(H,62,66)/t43-,44-,45+,47-,48+,49+,50-,52-,58+,59-,60+/m0/s1. The van der Waals surface area contributed by atoms with Crippen molar-refractivity contribution in [3.8, 4) is 6.07 Å². The number of esters is 4. The van der Waals surface area contributed by atoms with Crippen LogP contribution in [0, 0.1) is 28.1 Å². The monoisotopic (exact) mass is 1110 g/mol. The maximum Gasteiger partial charge on any atom is 0.338 e. The van der Waals surface area contributed by atoms with Crippen LogP contribution < -0.4 is 5.32 Å². The summed E-state index contributed by atoms with van der Waals surface area (Å²) >= 11 is 0. The van der Waals surface area contributed by atoms with Crippen LogP contribution in [-0.4, -0.2) is 112 Å². The number of amides is 1. The molecule has 420 valence electrons. The molecule has 1 aliphatic heterocycles. The zero-order valence-corrected chi connectivity index (χ0v) is 49.6. The molecule has 16 nitrogen and oxygen atoms in total. The number of carbonyl (C=O) groups excluding carboxylic acids is 6. The second-order valence-corrected chi connectivity index (χ2v) is 33.3. The quantitative estimate of drug-likeness (QED) is 0.0556. The highest BCUT2D eigenvalue weighted by Crippen LogP contribution is 2.65. The van der Waals surface area contributed by atoms with Crippen molar-refractivity contribution < 1.29 is 66.4 Å². The first-order chi connectivity index (χ1) is 36.5. The Bertz CT molecular complexity index is 2850. The minimum Gasteiger partial charge on any atom is -0.456 e. The third kappa shape index (κ3) is 10.7. The molecule has 7 rings (SSSR count). The number of hydrogen-bond acceptors (Lipinski definition) is 15. The van der Waals surface area contributed by atoms with Crippen LogP contribution in [0.1, 0.15) is 134 Å². The number of ketones is 1. The molecule has 0 radical (unpaired) electrons. The maximum atomic E-state index is 16.7. The van der Waals surface area contributed by atoms with Crippen LogP contribution in [0.4, 0.5) is 0 Å². The summed E-state index contributed by atoms with van der Waals surface area (Å²) in [6.07, 6.45) is -8.94. The Balaban J connectivity index is 1.50. The van der Waals surface area contributed by atoms with Gasteiger partial charge in [-0.3, -0.25) is 19.2 Å². The molecule has 3 aromatic rings. The number of rotatable bonds is 17. The molecule has 2 N–H and O–H groups in total. The molecule has 3 aromatic carbocycles. The normalized spacial score (nSPS) is 28.4. The SMILES string of the molecule is CC[Si](CC)(CC)O[C@H]1C[C@H]2OC[C@@]2(OC(C)=O)[C@H]2[C@H](OC(=O)c3cccc(C#N)c3)[C@]3(O)C[C@H](OC(=O)[C@H](O[Si](C)(C)C(C)(C)C)[C@@H](NC(=O)c4ccccc4)c4ccccc4)C(C)=C([C@@H](OC(C)=O)C(=O)[C@]12C)C3(C)C. The molecule has 3 fully saturated rings. The van der Waals surface area contributed by atoms with Gasteiger partial charge in [-0.1, -0.05) is 110 Å². The predicted octanol–water partition coefficient (Wildman–Crippen LogP) is 9.67. The van der Waals surface area contributed by atoms with E-state index in [1.165, 1.54) is 38.1 Å². The Morgan fingerprint density at radius 1 is 0.859 bits per heavy atom. The molecule has 2 saturated carbocycles. The highest BCUT2D eigenvalue weighted by molar-refractivity contribution is 6.74. The minimum atomic E-state index is -2.97. The fourth-order valence-corrected chi connectivity index (χ4v) is 16.5. The van der Waals surface area contributed by atoms with E-state index in [4.69, 9.17) is 32.5 Å². The van der Waals surface area contributed by atoms with Gasteiger partial charge in [0.25, 0.3) is 5.91 Å². The van der Waals surface area contributed by atoms with Crippen molar-refractivity contribution in [1.82, 2.24) is 5.32 Å². The molecule has 2 bridgehead atoms. The number of ether oxygens (including phenoxy) is 5. The van der Waals surface area contributed by atoms with Crippen molar-refractivity contribution >= 4 is 52.2 Å². The lowest BCUT2D eigenvalue weighted by Crippen LogP contribution is -2.82. The number of carbonyl (C=O) groups is 6. The van der Waals surface area contributed by atoms with Gasteiger partial charge in [-0.05, 0) is 97.2 Å². The Morgan fingerprint density at radius 2 is 1.46 bits per heavy atom. The maximum absolute atomic E-state index is 16.7. The van der Waals surface area contributed by atoms with Crippen LogP contribution in [0.3, 0.4) is 0 Å². The minimum absolute atomic E-state index is 0.0508. The van der Waals surface area contributed by atoms with Crippen molar-refractivity contribution in [2.75, 3.05) is 6.61 Å². The van der Waals surface area contributed by atoms with Crippen LogP contribution in [0.5, 0.6) is 0 Å². The van der Waals surface area contributed by atoms with E-state index >= 15 is 14.4 Å². The second-order valence-electron chi connectivity index (χ2n) is 23.9. The molecule has 18 heteroatoms. The van der Waals surface area contributed by atoms with Gasteiger partial charge < -0.3 is 43.0 Å². The van der Waals surface area contributed by atoms with Gasteiger partial charge >= 0.3 is 23.9 Å². The molecule has 78 heavy (non-hydrogen) atoms. The average molecular weight is 1110 g/mol. The molecule has 0 spiro atoms. The summed E-state index contributed by atoms with van der Waals surface area (Å²) < 4.78 is 47.0. The summed E-state index contributed by atoms with van der Waals surface area (Å²) in [5.41, 5.74) is -6.40. The van der Waals surface area contributed by atoms with Gasteiger partial charge in [-0.15, -0.1) is 0 Å². The smallest absolute Gasteiger partial charge is 0.338 e. The molecule has 11 atom stereocenters. The first-order valence-electron chi connectivity index (χ1n) is 27.2. The molecule has 1 heterocycles. The third-order valence-electron chi connectivity index (χ3n) is 18.2. The Kier molecular flexibility index (Phi) is 17.2. The molecule has 1 amide bonds. The highest BCUT2D eigenvalue weighted by atomic mass is 28.4. The third-order valence-corrected chi connectivity index (χ3v) is 27.3. The number of hydrogen-bond donors (Lipinski definition) is 2.